The number of rotatable bonds is 3. The highest BCUT2D eigenvalue weighted by Crippen LogP contribution is 1.98. The molecule has 0 aromatic carbocycles. The van der Waals surface area contributed by atoms with Gasteiger partial charge in [0.2, 0.25) is 0 Å². The van der Waals surface area contributed by atoms with E-state index >= 15 is 0 Å². The van der Waals surface area contributed by atoms with Crippen molar-refractivity contribution < 1.29 is 9.53 Å². The standard InChI is InChI=1S/C9H19N3O2/c1-3-11-9(13)12(2)7-8-6-10-4-5-14-8/h8,10H,3-7H2,1-2H3,(H,11,13). The van der Waals surface area contributed by atoms with Crippen LogP contribution >= 0.6 is 0 Å². The number of carbonyl (C=O) groups excluding carboxylic acids is 1. The van der Waals surface area contributed by atoms with Crippen molar-refractivity contribution in [2.24, 2.45) is 0 Å². The molecule has 2 amide bonds. The molecule has 0 aromatic heterocycles. The largest absolute Gasteiger partial charge is 0.374 e. The average molecular weight is 201 g/mol. The van der Waals surface area contributed by atoms with Crippen molar-refractivity contribution >= 4 is 6.03 Å². The molecular formula is C9H19N3O2. The van der Waals surface area contributed by atoms with Gasteiger partial charge in [-0.1, -0.05) is 0 Å². The van der Waals surface area contributed by atoms with Crippen LogP contribution in [0.3, 0.4) is 0 Å². The third-order valence-electron chi connectivity index (χ3n) is 2.16. The van der Waals surface area contributed by atoms with Gasteiger partial charge in [0.1, 0.15) is 0 Å². The minimum absolute atomic E-state index is 0.0401. The zero-order valence-corrected chi connectivity index (χ0v) is 8.88. The monoisotopic (exact) mass is 201 g/mol. The van der Waals surface area contributed by atoms with Crippen molar-refractivity contribution in [3.63, 3.8) is 0 Å². The second-order valence-corrected chi connectivity index (χ2v) is 3.41. The van der Waals surface area contributed by atoms with Crippen LogP contribution in [0.25, 0.3) is 0 Å². The second-order valence-electron chi connectivity index (χ2n) is 3.41. The summed E-state index contributed by atoms with van der Waals surface area (Å²) < 4.78 is 5.49. The highest BCUT2D eigenvalue weighted by atomic mass is 16.5. The van der Waals surface area contributed by atoms with Crippen LogP contribution in [0.5, 0.6) is 0 Å². The van der Waals surface area contributed by atoms with Gasteiger partial charge in [-0.15, -0.1) is 0 Å². The zero-order valence-electron chi connectivity index (χ0n) is 8.88. The maximum absolute atomic E-state index is 11.4. The lowest BCUT2D eigenvalue weighted by Gasteiger charge is -2.27. The number of carbonyl (C=O) groups is 1. The fraction of sp³-hybridized carbons (Fsp3) is 0.889. The average Bonchev–Trinajstić information content (AvgIpc) is 2.19. The van der Waals surface area contributed by atoms with Gasteiger partial charge in [-0.3, -0.25) is 0 Å². The normalized spacial score (nSPS) is 21.7. The molecule has 1 rings (SSSR count). The Morgan fingerprint density at radius 2 is 2.50 bits per heavy atom. The van der Waals surface area contributed by atoms with E-state index in [0.717, 1.165) is 19.7 Å². The van der Waals surface area contributed by atoms with Gasteiger partial charge >= 0.3 is 6.03 Å². The van der Waals surface area contributed by atoms with Crippen molar-refractivity contribution in [2.75, 3.05) is 39.8 Å². The molecule has 2 N–H and O–H groups in total. The molecule has 1 unspecified atom stereocenters. The molecule has 0 bridgehead atoms. The molecule has 1 aliphatic heterocycles. The van der Waals surface area contributed by atoms with E-state index in [1.165, 1.54) is 0 Å². The van der Waals surface area contributed by atoms with Crippen molar-refractivity contribution in [1.82, 2.24) is 15.5 Å². The molecule has 0 spiro atoms. The van der Waals surface area contributed by atoms with Crippen LogP contribution in [0, 0.1) is 0 Å². The Labute approximate surface area is 84.8 Å². The maximum Gasteiger partial charge on any atom is 0.317 e. The summed E-state index contributed by atoms with van der Waals surface area (Å²) in [6.45, 7) is 5.66. The van der Waals surface area contributed by atoms with E-state index < -0.39 is 0 Å². The summed E-state index contributed by atoms with van der Waals surface area (Å²) in [7, 11) is 1.78. The number of morpholine rings is 1. The van der Waals surface area contributed by atoms with Gasteiger partial charge in [0, 0.05) is 33.2 Å². The zero-order chi connectivity index (χ0) is 10.4. The van der Waals surface area contributed by atoms with Gasteiger partial charge in [-0.25, -0.2) is 4.79 Å². The fourth-order valence-electron chi connectivity index (χ4n) is 1.41. The number of hydrogen-bond donors (Lipinski definition) is 2. The number of hydrogen-bond acceptors (Lipinski definition) is 3. The molecule has 0 aliphatic carbocycles. The lowest BCUT2D eigenvalue weighted by Crippen LogP contribution is -2.47. The first-order valence-electron chi connectivity index (χ1n) is 5.05. The van der Waals surface area contributed by atoms with Gasteiger partial charge in [0.15, 0.2) is 0 Å². The molecule has 5 nitrogen and oxygen atoms in total. The summed E-state index contributed by atoms with van der Waals surface area (Å²) in [5.41, 5.74) is 0. The Morgan fingerprint density at radius 3 is 3.07 bits per heavy atom. The molecule has 0 radical (unpaired) electrons. The Balaban J connectivity index is 2.24. The summed E-state index contributed by atoms with van der Waals surface area (Å²) in [5, 5.41) is 5.97. The van der Waals surface area contributed by atoms with Crippen molar-refractivity contribution in [3.05, 3.63) is 0 Å². The molecule has 14 heavy (non-hydrogen) atoms. The number of amides is 2. The maximum atomic E-state index is 11.4. The number of ether oxygens (including phenoxy) is 1. The van der Waals surface area contributed by atoms with E-state index in [1.54, 1.807) is 11.9 Å². The Morgan fingerprint density at radius 1 is 1.71 bits per heavy atom. The van der Waals surface area contributed by atoms with E-state index in [2.05, 4.69) is 10.6 Å². The summed E-state index contributed by atoms with van der Waals surface area (Å²) in [4.78, 5) is 13.0. The lowest BCUT2D eigenvalue weighted by atomic mass is 10.3. The van der Waals surface area contributed by atoms with Crippen LogP contribution in [-0.4, -0.2) is 56.9 Å². The Bertz CT molecular complexity index is 181. The van der Waals surface area contributed by atoms with Crippen LogP contribution in [-0.2, 0) is 4.74 Å². The topological polar surface area (TPSA) is 53.6 Å². The molecule has 0 aromatic rings. The third-order valence-corrected chi connectivity index (χ3v) is 2.16. The summed E-state index contributed by atoms with van der Waals surface area (Å²) in [5.74, 6) is 0. The summed E-state index contributed by atoms with van der Waals surface area (Å²) >= 11 is 0. The van der Waals surface area contributed by atoms with Crippen molar-refractivity contribution in [1.29, 1.82) is 0 Å². The lowest BCUT2D eigenvalue weighted by molar-refractivity contribution is 0.0155. The molecule has 1 atom stereocenters. The molecule has 5 heteroatoms. The van der Waals surface area contributed by atoms with Crippen molar-refractivity contribution in [3.8, 4) is 0 Å². The van der Waals surface area contributed by atoms with Crippen LogP contribution in [0.1, 0.15) is 6.92 Å². The van der Waals surface area contributed by atoms with Gasteiger partial charge in [0.25, 0.3) is 0 Å². The van der Waals surface area contributed by atoms with E-state index in [9.17, 15) is 4.79 Å². The van der Waals surface area contributed by atoms with E-state index in [1.807, 2.05) is 6.92 Å². The summed E-state index contributed by atoms with van der Waals surface area (Å²) in [6.07, 6.45) is 0.122. The van der Waals surface area contributed by atoms with Crippen LogP contribution in [0.4, 0.5) is 4.79 Å². The third kappa shape index (κ3) is 3.51. The molecular weight excluding hydrogens is 182 g/mol. The minimum Gasteiger partial charge on any atom is -0.374 e. The smallest absolute Gasteiger partial charge is 0.317 e. The number of urea groups is 1. The minimum atomic E-state index is -0.0401. The molecule has 1 saturated heterocycles. The fourth-order valence-corrected chi connectivity index (χ4v) is 1.41. The molecule has 1 aliphatic rings. The highest BCUT2D eigenvalue weighted by Gasteiger charge is 2.17. The van der Waals surface area contributed by atoms with Crippen LogP contribution < -0.4 is 10.6 Å². The number of likely N-dealkylation sites (N-methyl/N-ethyl adjacent to an activating group) is 1. The van der Waals surface area contributed by atoms with Gasteiger partial charge < -0.3 is 20.3 Å². The van der Waals surface area contributed by atoms with Crippen molar-refractivity contribution in [2.45, 2.75) is 13.0 Å². The van der Waals surface area contributed by atoms with Gasteiger partial charge in [-0.2, -0.15) is 0 Å². The predicted octanol–water partition coefficient (Wildman–Crippen LogP) is -0.364. The summed E-state index contributed by atoms with van der Waals surface area (Å²) in [6, 6.07) is -0.0401. The highest BCUT2D eigenvalue weighted by molar-refractivity contribution is 5.73. The second kappa shape index (κ2) is 5.82. The van der Waals surface area contributed by atoms with Gasteiger partial charge in [-0.05, 0) is 6.92 Å². The molecule has 0 saturated carbocycles. The van der Waals surface area contributed by atoms with E-state index in [0.29, 0.717) is 13.1 Å². The first kappa shape index (κ1) is 11.3. The van der Waals surface area contributed by atoms with E-state index in [4.69, 9.17) is 4.74 Å². The van der Waals surface area contributed by atoms with E-state index in [-0.39, 0.29) is 12.1 Å². The number of nitrogens with zero attached hydrogens (tertiary/aromatic N) is 1. The molecule has 1 heterocycles. The quantitative estimate of drug-likeness (QED) is 0.655. The Kier molecular flexibility index (Phi) is 4.69. The number of nitrogens with one attached hydrogen (secondary N) is 2. The first-order chi connectivity index (χ1) is 6.74. The predicted molar refractivity (Wildman–Crippen MR) is 54.3 cm³/mol. The van der Waals surface area contributed by atoms with Gasteiger partial charge in [0.05, 0.1) is 12.7 Å². The van der Waals surface area contributed by atoms with Crippen LogP contribution in [0.15, 0.2) is 0 Å². The molecule has 1 fully saturated rings. The Hall–Kier alpha value is -0.810. The first-order valence-corrected chi connectivity index (χ1v) is 5.05. The van der Waals surface area contributed by atoms with Crippen LogP contribution in [0.2, 0.25) is 0 Å². The SMILES string of the molecule is CCNC(=O)N(C)CC1CNCCO1. The molecule has 82 valence electrons.